The van der Waals surface area contributed by atoms with Gasteiger partial charge in [0.1, 0.15) is 18.3 Å². The lowest BCUT2D eigenvalue weighted by Gasteiger charge is -2.23. The zero-order valence-corrected chi connectivity index (χ0v) is 14.1. The van der Waals surface area contributed by atoms with Crippen LogP contribution in [0, 0.1) is 0 Å². The van der Waals surface area contributed by atoms with E-state index in [-0.39, 0.29) is 10.8 Å². The number of aromatic nitrogens is 3. The molecule has 0 unspecified atom stereocenters. The maximum Gasteiger partial charge on any atom is 0.347 e. The molecule has 3 heterocycles. The van der Waals surface area contributed by atoms with Crippen molar-refractivity contribution in [1.29, 1.82) is 0 Å². The van der Waals surface area contributed by atoms with E-state index in [1.165, 1.54) is 4.57 Å². The number of fused-ring (bicyclic) bond motifs is 2. The van der Waals surface area contributed by atoms with E-state index in [4.69, 9.17) is 27.9 Å². The summed E-state index contributed by atoms with van der Waals surface area (Å²) in [5.41, 5.74) is 0.347. The van der Waals surface area contributed by atoms with Crippen LogP contribution in [0.1, 0.15) is 6.23 Å². The first-order valence-electron chi connectivity index (χ1n) is 7.43. The number of nitrogens with zero attached hydrogens (tertiary/aromatic N) is 2. The summed E-state index contributed by atoms with van der Waals surface area (Å²) in [6, 6.07) is 4.85. The first-order chi connectivity index (χ1) is 11.9. The molecule has 1 saturated heterocycles. The monoisotopic (exact) mass is 385 g/mol. The normalized spacial score (nSPS) is 26.8. The van der Waals surface area contributed by atoms with Crippen LogP contribution in [-0.4, -0.2) is 54.8 Å². The van der Waals surface area contributed by atoms with Crippen molar-refractivity contribution in [2.45, 2.75) is 24.5 Å². The molecule has 4 rings (SSSR count). The average molecular weight is 386 g/mol. The van der Waals surface area contributed by atoms with E-state index in [9.17, 15) is 20.1 Å². The molecule has 25 heavy (non-hydrogen) atoms. The van der Waals surface area contributed by atoms with Crippen molar-refractivity contribution >= 4 is 34.1 Å². The second-order valence-electron chi connectivity index (χ2n) is 5.85. The van der Waals surface area contributed by atoms with Crippen LogP contribution in [0.25, 0.3) is 22.4 Å². The second-order valence-corrected chi connectivity index (χ2v) is 6.66. The molecule has 10 heteroatoms. The molecule has 0 bridgehead atoms. The van der Waals surface area contributed by atoms with Crippen LogP contribution in [0.3, 0.4) is 0 Å². The first kappa shape index (κ1) is 16.8. The number of halogens is 2. The number of imidazole rings is 1. The van der Waals surface area contributed by atoms with Crippen LogP contribution >= 0.6 is 23.2 Å². The number of aromatic amines is 1. The van der Waals surface area contributed by atoms with Crippen molar-refractivity contribution in [2.24, 2.45) is 0 Å². The van der Waals surface area contributed by atoms with Gasteiger partial charge in [0.15, 0.2) is 12.1 Å². The van der Waals surface area contributed by atoms with Crippen molar-refractivity contribution in [3.8, 4) is 11.5 Å². The predicted octanol–water partition coefficient (Wildman–Crippen LogP) is 0.748. The highest BCUT2D eigenvalue weighted by molar-refractivity contribution is 6.42. The van der Waals surface area contributed by atoms with E-state index >= 15 is 0 Å². The Morgan fingerprint density at radius 1 is 1.20 bits per heavy atom. The third-order valence-electron chi connectivity index (χ3n) is 4.32. The molecule has 4 N–H and O–H groups in total. The third kappa shape index (κ3) is 2.53. The number of H-pyrrole nitrogens is 1. The maximum absolute atomic E-state index is 11.7. The quantitative estimate of drug-likeness (QED) is 0.516. The minimum Gasteiger partial charge on any atom is -0.394 e. The molecular formula is C15H13Cl2N3O5. The minimum atomic E-state index is -1.34. The van der Waals surface area contributed by atoms with Crippen LogP contribution in [0.2, 0.25) is 10.0 Å². The number of aliphatic hydroxyl groups is 3. The summed E-state index contributed by atoms with van der Waals surface area (Å²) in [6.07, 6.45) is -4.66. The maximum atomic E-state index is 11.7. The standard InChI is InChI=1S/C15H13Cl2N3O5/c16-6-1-5-2-8-13(19-15(24)18-8)20(9(5)3-7(6)17)14-12(23)11(22)10(4-21)25-14/h1-3,10-12,14,21-23H,4H2,(H,18,24)/t10-,11-,12-,14-/m1/s1. The van der Waals surface area contributed by atoms with Gasteiger partial charge in [-0.05, 0) is 18.2 Å². The van der Waals surface area contributed by atoms with Crippen molar-refractivity contribution in [3.05, 3.63) is 38.7 Å². The van der Waals surface area contributed by atoms with Crippen molar-refractivity contribution in [1.82, 2.24) is 14.5 Å². The number of ether oxygens (including phenoxy) is 1. The lowest BCUT2D eigenvalue weighted by molar-refractivity contribution is -0.0504. The Hall–Kier alpha value is -1.68. The summed E-state index contributed by atoms with van der Waals surface area (Å²) in [6.45, 7) is -0.469. The molecule has 3 aliphatic heterocycles. The van der Waals surface area contributed by atoms with Gasteiger partial charge in [-0.25, -0.2) is 4.79 Å². The molecule has 1 fully saturated rings. The summed E-state index contributed by atoms with van der Waals surface area (Å²) >= 11 is 12.2. The van der Waals surface area contributed by atoms with Gasteiger partial charge in [0.2, 0.25) is 0 Å². The summed E-state index contributed by atoms with van der Waals surface area (Å²) in [7, 11) is 0. The van der Waals surface area contributed by atoms with E-state index < -0.39 is 36.8 Å². The molecule has 0 saturated carbocycles. The topological polar surface area (TPSA) is 121 Å². The Morgan fingerprint density at radius 3 is 2.60 bits per heavy atom. The van der Waals surface area contributed by atoms with Gasteiger partial charge in [-0.2, -0.15) is 4.98 Å². The molecule has 3 aliphatic rings. The van der Waals surface area contributed by atoms with Gasteiger partial charge < -0.3 is 25.0 Å². The zero-order chi connectivity index (χ0) is 17.9. The molecule has 0 spiro atoms. The number of rotatable bonds is 2. The molecule has 0 aliphatic carbocycles. The Morgan fingerprint density at radius 2 is 1.92 bits per heavy atom. The van der Waals surface area contributed by atoms with E-state index in [0.29, 0.717) is 21.6 Å². The van der Waals surface area contributed by atoms with Gasteiger partial charge in [-0.1, -0.05) is 23.2 Å². The Labute approximate surface area is 150 Å². The highest BCUT2D eigenvalue weighted by atomic mass is 35.5. The van der Waals surface area contributed by atoms with Gasteiger partial charge in [-0.15, -0.1) is 0 Å². The van der Waals surface area contributed by atoms with Crippen molar-refractivity contribution in [3.63, 3.8) is 0 Å². The molecule has 1 aromatic rings. The first-order valence-corrected chi connectivity index (χ1v) is 8.18. The van der Waals surface area contributed by atoms with Crippen LogP contribution in [0.4, 0.5) is 0 Å². The summed E-state index contributed by atoms with van der Waals surface area (Å²) in [5, 5.41) is 31.0. The average Bonchev–Trinajstić information content (AvgIpc) is 3.07. The molecule has 0 amide bonds. The molecule has 1 aromatic carbocycles. The smallest absolute Gasteiger partial charge is 0.347 e. The van der Waals surface area contributed by atoms with E-state index in [0.717, 1.165) is 0 Å². The van der Waals surface area contributed by atoms with E-state index in [2.05, 4.69) is 9.97 Å². The number of hydrogen-bond acceptors (Lipinski definition) is 6. The fraction of sp³-hybridized carbons (Fsp3) is 0.333. The van der Waals surface area contributed by atoms with E-state index in [1.54, 1.807) is 18.2 Å². The Balaban J connectivity index is 2.03. The predicted molar refractivity (Wildman–Crippen MR) is 90.0 cm³/mol. The van der Waals surface area contributed by atoms with Crippen molar-refractivity contribution < 1.29 is 20.1 Å². The molecular weight excluding hydrogens is 373 g/mol. The van der Waals surface area contributed by atoms with Crippen LogP contribution in [0.15, 0.2) is 23.0 Å². The Kier molecular flexibility index (Phi) is 3.99. The zero-order valence-electron chi connectivity index (χ0n) is 12.6. The van der Waals surface area contributed by atoms with Crippen LogP contribution in [0.5, 0.6) is 0 Å². The summed E-state index contributed by atoms with van der Waals surface area (Å²) in [5.74, 6) is 0.228. The molecule has 8 nitrogen and oxygen atoms in total. The third-order valence-corrected chi connectivity index (χ3v) is 5.04. The summed E-state index contributed by atoms with van der Waals surface area (Å²) < 4.78 is 7.06. The molecule has 4 atom stereocenters. The van der Waals surface area contributed by atoms with Gasteiger partial charge >= 0.3 is 5.69 Å². The van der Waals surface area contributed by atoms with Gasteiger partial charge in [-0.3, -0.25) is 4.57 Å². The van der Waals surface area contributed by atoms with Gasteiger partial charge in [0, 0.05) is 5.39 Å². The SMILES string of the molecule is O=c1nc2n([C@@H]3O[C@H](CO)[C@@H](O)[C@H]3O)c3cc(Cl)c(Cl)cc3cc-2[nH]1. The second kappa shape index (κ2) is 5.94. The number of nitrogens with one attached hydrogen (secondary N) is 1. The van der Waals surface area contributed by atoms with Gasteiger partial charge in [0.25, 0.3) is 0 Å². The lowest BCUT2D eigenvalue weighted by atomic mass is 10.1. The lowest BCUT2D eigenvalue weighted by Crippen LogP contribution is -2.33. The fourth-order valence-electron chi connectivity index (χ4n) is 3.14. The van der Waals surface area contributed by atoms with Crippen molar-refractivity contribution in [2.75, 3.05) is 6.61 Å². The highest BCUT2D eigenvalue weighted by Gasteiger charge is 2.44. The molecule has 0 aromatic heterocycles. The summed E-state index contributed by atoms with van der Waals surface area (Å²) in [4.78, 5) is 18.2. The van der Waals surface area contributed by atoms with Crippen LogP contribution < -0.4 is 5.69 Å². The number of pyridine rings is 1. The minimum absolute atomic E-state index is 0.228. The molecule has 0 radical (unpaired) electrons. The number of hydrogen-bond donors (Lipinski definition) is 4. The number of aliphatic hydroxyl groups excluding tert-OH is 3. The molecule has 132 valence electrons. The van der Waals surface area contributed by atoms with Gasteiger partial charge in [0.05, 0.1) is 27.9 Å². The Bertz CT molecular complexity index is 987. The fourth-order valence-corrected chi connectivity index (χ4v) is 3.47. The van der Waals surface area contributed by atoms with Crippen LogP contribution in [-0.2, 0) is 4.74 Å². The highest BCUT2D eigenvalue weighted by Crippen LogP contribution is 2.38. The number of benzene rings is 1. The van der Waals surface area contributed by atoms with E-state index in [1.807, 2.05) is 0 Å². The largest absolute Gasteiger partial charge is 0.394 e.